The average Bonchev–Trinajstić information content (AvgIpc) is 2.59. The van der Waals surface area contributed by atoms with Crippen molar-refractivity contribution in [2.24, 2.45) is 23.5 Å². The molecule has 2 unspecified atom stereocenters. The zero-order valence-electron chi connectivity index (χ0n) is 14.3. The predicted molar refractivity (Wildman–Crippen MR) is 97.9 cm³/mol. The van der Waals surface area contributed by atoms with Gasteiger partial charge in [0.1, 0.15) is 0 Å². The summed E-state index contributed by atoms with van der Waals surface area (Å²) in [7, 11) is 0. The molecule has 4 rings (SSSR count). The molecule has 2 aliphatic carbocycles. The van der Waals surface area contributed by atoms with Crippen molar-refractivity contribution in [2.45, 2.75) is 44.7 Å². The lowest BCUT2D eigenvalue weighted by Gasteiger charge is -2.43. The van der Waals surface area contributed by atoms with Crippen molar-refractivity contribution in [2.75, 3.05) is 0 Å². The van der Waals surface area contributed by atoms with Crippen LogP contribution in [0.4, 0.5) is 0 Å². The number of para-hydroxylation sites is 1. The summed E-state index contributed by atoms with van der Waals surface area (Å²) in [5, 5.41) is 4.04. The average molecular weight is 339 g/mol. The molecule has 2 fully saturated rings. The van der Waals surface area contributed by atoms with Crippen LogP contribution in [0.25, 0.3) is 10.9 Å². The topological polar surface area (TPSA) is 88.0 Å². The highest BCUT2D eigenvalue weighted by Crippen LogP contribution is 2.41. The predicted octanol–water partition coefficient (Wildman–Crippen LogP) is 2.30. The van der Waals surface area contributed by atoms with Crippen molar-refractivity contribution in [3.63, 3.8) is 0 Å². The first-order valence-electron chi connectivity index (χ1n) is 9.26. The maximum absolute atomic E-state index is 12.7. The van der Waals surface area contributed by atoms with Crippen LogP contribution in [0.2, 0.25) is 0 Å². The lowest BCUT2D eigenvalue weighted by atomic mass is 9.65. The van der Waals surface area contributed by atoms with Crippen LogP contribution in [0.5, 0.6) is 0 Å². The normalized spacial score (nSPS) is 28.7. The van der Waals surface area contributed by atoms with Gasteiger partial charge in [0, 0.05) is 35.5 Å². The molecule has 2 bridgehead atoms. The number of aromatic nitrogens is 1. The molecule has 1 amide bonds. The number of pyridine rings is 1. The Morgan fingerprint density at radius 3 is 2.68 bits per heavy atom. The van der Waals surface area contributed by atoms with Gasteiger partial charge in [-0.2, -0.15) is 0 Å². The number of carbonyl (C=O) groups is 1. The minimum Gasteiger partial charge on any atom is -0.352 e. The van der Waals surface area contributed by atoms with Crippen molar-refractivity contribution < 1.29 is 4.79 Å². The van der Waals surface area contributed by atoms with E-state index in [9.17, 15) is 9.59 Å². The summed E-state index contributed by atoms with van der Waals surface area (Å²) in [4.78, 5) is 27.4. The molecule has 5 nitrogen and oxygen atoms in total. The monoisotopic (exact) mass is 339 g/mol. The van der Waals surface area contributed by atoms with Gasteiger partial charge in [0.25, 0.3) is 0 Å². The lowest BCUT2D eigenvalue weighted by molar-refractivity contribution is -0.128. The molecule has 2 saturated carbocycles. The van der Waals surface area contributed by atoms with E-state index in [1.807, 2.05) is 24.3 Å². The van der Waals surface area contributed by atoms with E-state index in [0.29, 0.717) is 18.4 Å². The molecule has 132 valence electrons. The van der Waals surface area contributed by atoms with E-state index >= 15 is 0 Å². The lowest BCUT2D eigenvalue weighted by Crippen LogP contribution is -2.49. The van der Waals surface area contributed by atoms with Crippen molar-refractivity contribution in [1.82, 2.24) is 10.3 Å². The highest BCUT2D eigenvalue weighted by Gasteiger charge is 2.40. The Morgan fingerprint density at radius 1 is 1.20 bits per heavy atom. The van der Waals surface area contributed by atoms with Crippen molar-refractivity contribution >= 4 is 16.8 Å². The third-order valence-electron chi connectivity index (χ3n) is 6.07. The first kappa shape index (κ1) is 16.3. The Hall–Kier alpha value is -2.14. The molecular weight excluding hydrogens is 314 g/mol. The largest absolute Gasteiger partial charge is 0.352 e. The van der Waals surface area contributed by atoms with E-state index < -0.39 is 0 Å². The summed E-state index contributed by atoms with van der Waals surface area (Å²) < 4.78 is 0. The molecule has 0 aliphatic heterocycles. The minimum absolute atomic E-state index is 0.0587. The molecule has 2 atom stereocenters. The van der Waals surface area contributed by atoms with Crippen LogP contribution in [0, 0.1) is 17.8 Å². The number of nitrogens with one attached hydrogen (secondary N) is 2. The van der Waals surface area contributed by atoms with Gasteiger partial charge in [0.15, 0.2) is 0 Å². The van der Waals surface area contributed by atoms with Crippen molar-refractivity contribution in [3.05, 3.63) is 46.2 Å². The summed E-state index contributed by atoms with van der Waals surface area (Å²) >= 11 is 0. The number of nitrogens with two attached hydrogens (primary N) is 1. The van der Waals surface area contributed by atoms with E-state index in [4.69, 9.17) is 5.73 Å². The van der Waals surface area contributed by atoms with Crippen molar-refractivity contribution in [1.29, 1.82) is 0 Å². The molecule has 25 heavy (non-hydrogen) atoms. The Bertz CT molecular complexity index is 830. The van der Waals surface area contributed by atoms with Gasteiger partial charge in [0.2, 0.25) is 11.5 Å². The SMILES string of the molecule is NC1C2CCCC1CC(C(=O)NCc1cc(=O)[nH]c3ccccc13)C2. The number of benzene rings is 1. The van der Waals surface area contributed by atoms with Crippen LogP contribution in [-0.2, 0) is 11.3 Å². The second kappa shape index (κ2) is 6.64. The fourth-order valence-electron chi connectivity index (χ4n) is 4.75. The first-order chi connectivity index (χ1) is 12.1. The second-order valence-electron chi connectivity index (χ2n) is 7.62. The number of H-pyrrole nitrogens is 1. The summed E-state index contributed by atoms with van der Waals surface area (Å²) in [6.45, 7) is 0.390. The first-order valence-corrected chi connectivity index (χ1v) is 9.26. The summed E-state index contributed by atoms with van der Waals surface area (Å²) in [5.41, 5.74) is 7.85. The van der Waals surface area contributed by atoms with E-state index in [0.717, 1.165) is 42.1 Å². The van der Waals surface area contributed by atoms with Gasteiger partial charge in [-0.15, -0.1) is 0 Å². The summed E-state index contributed by atoms with van der Waals surface area (Å²) in [6.07, 6.45) is 5.36. The van der Waals surface area contributed by atoms with Crippen LogP contribution in [0.1, 0.15) is 37.7 Å². The molecule has 0 spiro atoms. The maximum atomic E-state index is 12.7. The smallest absolute Gasteiger partial charge is 0.248 e. The maximum Gasteiger partial charge on any atom is 0.248 e. The van der Waals surface area contributed by atoms with Gasteiger partial charge in [-0.3, -0.25) is 9.59 Å². The molecule has 0 radical (unpaired) electrons. The van der Waals surface area contributed by atoms with E-state index in [1.165, 1.54) is 6.42 Å². The number of aromatic amines is 1. The van der Waals surface area contributed by atoms with Gasteiger partial charge in [0.05, 0.1) is 0 Å². The number of amides is 1. The van der Waals surface area contributed by atoms with Crippen molar-refractivity contribution in [3.8, 4) is 0 Å². The van der Waals surface area contributed by atoms with Crippen LogP contribution in [0.3, 0.4) is 0 Å². The van der Waals surface area contributed by atoms with Crippen LogP contribution < -0.4 is 16.6 Å². The fraction of sp³-hybridized carbons (Fsp3) is 0.500. The van der Waals surface area contributed by atoms with E-state index in [1.54, 1.807) is 6.07 Å². The number of rotatable bonds is 3. The molecule has 1 heterocycles. The highest BCUT2D eigenvalue weighted by atomic mass is 16.2. The molecule has 2 aromatic rings. The molecule has 5 heteroatoms. The highest BCUT2D eigenvalue weighted by molar-refractivity contribution is 5.83. The molecular formula is C20H25N3O2. The van der Waals surface area contributed by atoms with E-state index in [2.05, 4.69) is 10.3 Å². The third kappa shape index (κ3) is 3.21. The van der Waals surface area contributed by atoms with Gasteiger partial charge in [-0.1, -0.05) is 24.6 Å². The molecule has 4 N–H and O–H groups in total. The standard InChI is InChI=1S/C20H25N3O2/c21-19-12-4-3-5-13(19)9-14(8-12)20(25)22-11-15-10-18(24)23-17-7-2-1-6-16(15)17/h1-2,6-7,10,12-14,19H,3-5,8-9,11,21H2,(H,22,25)(H,23,24). The number of hydrogen-bond acceptors (Lipinski definition) is 3. The molecule has 1 aromatic heterocycles. The number of fused-ring (bicyclic) bond motifs is 3. The zero-order valence-corrected chi connectivity index (χ0v) is 14.3. The van der Waals surface area contributed by atoms with E-state index in [-0.39, 0.29) is 23.4 Å². The molecule has 1 aromatic carbocycles. The van der Waals surface area contributed by atoms with Crippen LogP contribution >= 0.6 is 0 Å². The summed E-state index contributed by atoms with van der Waals surface area (Å²) in [5.74, 6) is 1.14. The zero-order chi connectivity index (χ0) is 17.4. The second-order valence-corrected chi connectivity index (χ2v) is 7.62. The summed E-state index contributed by atoms with van der Waals surface area (Å²) in [6, 6.07) is 9.53. The van der Waals surface area contributed by atoms with Gasteiger partial charge >= 0.3 is 0 Å². The Morgan fingerprint density at radius 2 is 1.92 bits per heavy atom. The molecule has 0 saturated heterocycles. The van der Waals surface area contributed by atoms with Gasteiger partial charge in [-0.05, 0) is 49.1 Å². The Balaban J connectivity index is 1.47. The quantitative estimate of drug-likeness (QED) is 0.802. The third-order valence-corrected chi connectivity index (χ3v) is 6.07. The fourth-order valence-corrected chi connectivity index (χ4v) is 4.75. The Kier molecular flexibility index (Phi) is 4.34. The number of hydrogen-bond donors (Lipinski definition) is 3. The minimum atomic E-state index is -0.138. The molecule has 2 aliphatic rings. The van der Waals surface area contributed by atoms with Gasteiger partial charge < -0.3 is 16.0 Å². The van der Waals surface area contributed by atoms with Crippen LogP contribution in [0.15, 0.2) is 35.1 Å². The Labute approximate surface area is 147 Å². The van der Waals surface area contributed by atoms with Gasteiger partial charge in [-0.25, -0.2) is 0 Å². The number of carbonyl (C=O) groups excluding carboxylic acids is 1. The van der Waals surface area contributed by atoms with Crippen LogP contribution in [-0.4, -0.2) is 16.9 Å².